The number of halogens is 1. The number of hydrogen-bond acceptors (Lipinski definition) is 4. The Bertz CT molecular complexity index is 948. The fraction of sp³-hybridized carbons (Fsp3) is 0.182. The number of ether oxygens (including phenoxy) is 2. The third-order valence-electron chi connectivity index (χ3n) is 4.32. The Morgan fingerprint density at radius 1 is 1.11 bits per heavy atom. The van der Waals surface area contributed by atoms with Crippen LogP contribution in [-0.2, 0) is 6.61 Å². The van der Waals surface area contributed by atoms with Gasteiger partial charge in [0.1, 0.15) is 6.61 Å². The SMILES string of the molecule is COc1cc(C(=O)N[C@H](C)c2ccncc2)ccc1OCc1ccccc1Cl. The summed E-state index contributed by atoms with van der Waals surface area (Å²) in [6, 6.07) is 16.2. The van der Waals surface area contributed by atoms with Crippen LogP contribution in [0, 0.1) is 0 Å². The van der Waals surface area contributed by atoms with Crippen molar-refractivity contribution in [3.8, 4) is 11.5 Å². The minimum Gasteiger partial charge on any atom is -0.493 e. The number of nitrogens with one attached hydrogen (secondary N) is 1. The highest BCUT2D eigenvalue weighted by molar-refractivity contribution is 6.31. The molecule has 2 aromatic carbocycles. The Morgan fingerprint density at radius 3 is 2.57 bits per heavy atom. The Morgan fingerprint density at radius 2 is 1.86 bits per heavy atom. The van der Waals surface area contributed by atoms with Crippen LogP contribution in [0.2, 0.25) is 5.02 Å². The van der Waals surface area contributed by atoms with Crippen molar-refractivity contribution in [2.24, 2.45) is 0 Å². The third-order valence-corrected chi connectivity index (χ3v) is 4.69. The normalized spacial score (nSPS) is 11.5. The Hall–Kier alpha value is -3.05. The van der Waals surface area contributed by atoms with Crippen LogP contribution < -0.4 is 14.8 Å². The molecule has 144 valence electrons. The number of methoxy groups -OCH3 is 1. The number of carbonyl (C=O) groups excluding carboxylic acids is 1. The fourth-order valence-electron chi connectivity index (χ4n) is 2.71. The van der Waals surface area contributed by atoms with E-state index in [4.69, 9.17) is 21.1 Å². The van der Waals surface area contributed by atoms with Crippen molar-refractivity contribution in [1.29, 1.82) is 0 Å². The molecule has 1 heterocycles. The molecule has 6 heteroatoms. The van der Waals surface area contributed by atoms with Gasteiger partial charge in [0.25, 0.3) is 5.91 Å². The molecule has 1 N–H and O–H groups in total. The van der Waals surface area contributed by atoms with Crippen molar-refractivity contribution in [2.75, 3.05) is 7.11 Å². The van der Waals surface area contributed by atoms with Crippen molar-refractivity contribution in [1.82, 2.24) is 10.3 Å². The van der Waals surface area contributed by atoms with Crippen LogP contribution in [-0.4, -0.2) is 18.0 Å². The molecule has 3 rings (SSSR count). The zero-order chi connectivity index (χ0) is 19.9. The van der Waals surface area contributed by atoms with E-state index in [0.717, 1.165) is 11.1 Å². The van der Waals surface area contributed by atoms with E-state index in [9.17, 15) is 4.79 Å². The van der Waals surface area contributed by atoms with Crippen LogP contribution in [0.25, 0.3) is 0 Å². The predicted molar refractivity (Wildman–Crippen MR) is 109 cm³/mol. The molecule has 5 nitrogen and oxygen atoms in total. The van der Waals surface area contributed by atoms with Gasteiger partial charge in [-0.3, -0.25) is 9.78 Å². The summed E-state index contributed by atoms with van der Waals surface area (Å²) in [5.74, 6) is 0.831. The van der Waals surface area contributed by atoms with Crippen molar-refractivity contribution in [3.63, 3.8) is 0 Å². The molecule has 0 spiro atoms. The number of hydrogen-bond donors (Lipinski definition) is 1. The zero-order valence-corrected chi connectivity index (χ0v) is 16.4. The first-order valence-corrected chi connectivity index (χ1v) is 9.21. The second-order valence-electron chi connectivity index (χ2n) is 6.22. The van der Waals surface area contributed by atoms with Crippen LogP contribution in [0.3, 0.4) is 0 Å². The summed E-state index contributed by atoms with van der Waals surface area (Å²) in [4.78, 5) is 16.6. The molecule has 0 fully saturated rings. The van der Waals surface area contributed by atoms with E-state index in [1.54, 1.807) is 37.7 Å². The fourth-order valence-corrected chi connectivity index (χ4v) is 2.90. The van der Waals surface area contributed by atoms with Crippen molar-refractivity contribution >= 4 is 17.5 Å². The summed E-state index contributed by atoms with van der Waals surface area (Å²) in [6.45, 7) is 2.23. The number of aromatic nitrogens is 1. The lowest BCUT2D eigenvalue weighted by Gasteiger charge is -2.16. The average Bonchev–Trinajstić information content (AvgIpc) is 2.73. The average molecular weight is 397 g/mol. The van der Waals surface area contributed by atoms with Gasteiger partial charge in [-0.25, -0.2) is 0 Å². The van der Waals surface area contributed by atoms with Gasteiger partial charge in [-0.15, -0.1) is 0 Å². The molecule has 0 aliphatic carbocycles. The second kappa shape index (κ2) is 9.24. The maximum absolute atomic E-state index is 12.6. The molecule has 3 aromatic rings. The van der Waals surface area contributed by atoms with E-state index < -0.39 is 0 Å². The molecular formula is C22H21ClN2O3. The lowest BCUT2D eigenvalue weighted by atomic mass is 10.1. The topological polar surface area (TPSA) is 60.5 Å². The molecule has 28 heavy (non-hydrogen) atoms. The summed E-state index contributed by atoms with van der Waals surface area (Å²) in [5, 5.41) is 3.61. The molecule has 0 saturated heterocycles. The highest BCUT2D eigenvalue weighted by atomic mass is 35.5. The van der Waals surface area contributed by atoms with Crippen molar-refractivity contribution in [3.05, 3.63) is 88.7 Å². The summed E-state index contributed by atoms with van der Waals surface area (Å²) in [7, 11) is 1.54. The summed E-state index contributed by atoms with van der Waals surface area (Å²) in [6.07, 6.45) is 3.40. The van der Waals surface area contributed by atoms with Crippen molar-refractivity contribution in [2.45, 2.75) is 19.6 Å². The van der Waals surface area contributed by atoms with Crippen molar-refractivity contribution < 1.29 is 14.3 Å². The number of carbonyl (C=O) groups is 1. The molecule has 0 aliphatic rings. The highest BCUT2D eigenvalue weighted by Gasteiger charge is 2.14. The van der Waals surface area contributed by atoms with E-state index in [1.165, 1.54) is 0 Å². The molecule has 0 unspecified atom stereocenters. The van der Waals surface area contributed by atoms with Crippen LogP contribution in [0.4, 0.5) is 0 Å². The minimum atomic E-state index is -0.194. The first kappa shape index (κ1) is 19.7. The lowest BCUT2D eigenvalue weighted by Crippen LogP contribution is -2.26. The first-order valence-electron chi connectivity index (χ1n) is 8.83. The largest absolute Gasteiger partial charge is 0.493 e. The smallest absolute Gasteiger partial charge is 0.251 e. The van der Waals surface area contributed by atoms with Gasteiger partial charge in [0.2, 0.25) is 0 Å². The van der Waals surface area contributed by atoms with Crippen LogP contribution >= 0.6 is 11.6 Å². The van der Waals surface area contributed by atoms with E-state index in [0.29, 0.717) is 28.7 Å². The van der Waals surface area contributed by atoms with Crippen LogP contribution in [0.1, 0.15) is 34.5 Å². The Labute approximate surface area is 169 Å². The maximum atomic E-state index is 12.6. The lowest BCUT2D eigenvalue weighted by molar-refractivity contribution is 0.0939. The van der Waals surface area contributed by atoms with Gasteiger partial charge < -0.3 is 14.8 Å². The van der Waals surface area contributed by atoms with Gasteiger partial charge >= 0.3 is 0 Å². The van der Waals surface area contributed by atoms with Gasteiger partial charge in [0.05, 0.1) is 13.2 Å². The predicted octanol–water partition coefficient (Wildman–Crippen LogP) is 4.81. The molecule has 1 amide bonds. The van der Waals surface area contributed by atoms with Gasteiger partial charge in [0, 0.05) is 28.5 Å². The van der Waals surface area contributed by atoms with Gasteiger partial charge in [-0.05, 0) is 48.9 Å². The quantitative estimate of drug-likeness (QED) is 0.622. The highest BCUT2D eigenvalue weighted by Crippen LogP contribution is 2.30. The monoisotopic (exact) mass is 396 g/mol. The zero-order valence-electron chi connectivity index (χ0n) is 15.7. The number of nitrogens with zero attached hydrogens (tertiary/aromatic N) is 1. The van der Waals surface area contributed by atoms with E-state index >= 15 is 0 Å². The first-order chi connectivity index (χ1) is 13.6. The van der Waals surface area contributed by atoms with Gasteiger partial charge in [-0.1, -0.05) is 29.8 Å². The van der Waals surface area contributed by atoms with Crippen LogP contribution in [0.15, 0.2) is 67.0 Å². The van der Waals surface area contributed by atoms with E-state index in [-0.39, 0.29) is 11.9 Å². The molecule has 0 radical (unpaired) electrons. The number of rotatable bonds is 7. The molecule has 0 aliphatic heterocycles. The van der Waals surface area contributed by atoms with Gasteiger partial charge in [-0.2, -0.15) is 0 Å². The molecule has 1 aromatic heterocycles. The molecular weight excluding hydrogens is 376 g/mol. The van der Waals surface area contributed by atoms with E-state index in [2.05, 4.69) is 10.3 Å². The van der Waals surface area contributed by atoms with Gasteiger partial charge in [0.15, 0.2) is 11.5 Å². The van der Waals surface area contributed by atoms with E-state index in [1.807, 2.05) is 43.3 Å². The summed E-state index contributed by atoms with van der Waals surface area (Å²) >= 11 is 6.16. The second-order valence-corrected chi connectivity index (χ2v) is 6.63. The maximum Gasteiger partial charge on any atom is 0.251 e. The summed E-state index contributed by atoms with van der Waals surface area (Å²) in [5.41, 5.74) is 2.34. The van der Waals surface area contributed by atoms with Crippen LogP contribution in [0.5, 0.6) is 11.5 Å². The number of pyridine rings is 1. The minimum absolute atomic E-state index is 0.141. The molecule has 0 bridgehead atoms. The number of amides is 1. The standard InChI is InChI=1S/C22H21ClN2O3/c1-15(16-9-11-24-12-10-16)25-22(26)17-7-8-20(21(13-17)27-2)28-14-18-5-3-4-6-19(18)23/h3-13,15H,14H2,1-2H3,(H,25,26)/t15-/m1/s1. The Kier molecular flexibility index (Phi) is 6.50. The number of benzene rings is 2. The summed E-state index contributed by atoms with van der Waals surface area (Å²) < 4.78 is 11.2. The molecule has 1 atom stereocenters. The molecule has 0 saturated carbocycles. The third kappa shape index (κ3) is 4.81. The Balaban J connectivity index is 1.70.